The molecule has 2 aromatic rings. The fraction of sp³-hybridized carbons (Fsp3) is 0.231. The largest absolute Gasteiger partial charge is 0.143 e. The minimum Gasteiger partial charge on any atom is -0.143 e. The summed E-state index contributed by atoms with van der Waals surface area (Å²) in [5.41, 5.74) is 3.94. The van der Waals surface area contributed by atoms with Crippen LogP contribution in [0.2, 0.25) is 0 Å². The summed E-state index contributed by atoms with van der Waals surface area (Å²) in [6, 6.07) is 8.69. The Hall–Kier alpha value is -0.950. The average molecular weight is 202 g/mol. The zero-order chi connectivity index (χ0) is 10.3. The molecule has 72 valence electrons. The number of hydrogen-bond donors (Lipinski definition) is 1. The Morgan fingerprint density at radius 2 is 1.64 bits per heavy atom. The van der Waals surface area contributed by atoms with Crippen LogP contribution < -0.4 is 0 Å². The molecule has 1 heteroatoms. The predicted octanol–water partition coefficient (Wildman–Crippen LogP) is 4.05. The van der Waals surface area contributed by atoms with Crippen LogP contribution in [0.15, 0.2) is 29.2 Å². The van der Waals surface area contributed by atoms with Crippen LogP contribution in [0.5, 0.6) is 0 Å². The van der Waals surface area contributed by atoms with Gasteiger partial charge in [-0.15, -0.1) is 12.6 Å². The van der Waals surface area contributed by atoms with Crippen molar-refractivity contribution in [3.8, 4) is 0 Å². The molecule has 0 aromatic heterocycles. The van der Waals surface area contributed by atoms with Gasteiger partial charge in [0.2, 0.25) is 0 Å². The summed E-state index contributed by atoms with van der Waals surface area (Å²) in [5, 5.41) is 2.63. The minimum absolute atomic E-state index is 1.08. The Bertz CT molecular complexity index is 498. The van der Waals surface area contributed by atoms with Crippen LogP contribution in [0.25, 0.3) is 10.8 Å². The lowest BCUT2D eigenvalue weighted by Crippen LogP contribution is -1.87. The van der Waals surface area contributed by atoms with Crippen molar-refractivity contribution in [1.29, 1.82) is 0 Å². The number of rotatable bonds is 0. The Morgan fingerprint density at radius 1 is 0.929 bits per heavy atom. The molecule has 0 unspecified atom stereocenters. The Balaban J connectivity index is 2.92. The van der Waals surface area contributed by atoms with Gasteiger partial charge in [0, 0.05) is 4.90 Å². The van der Waals surface area contributed by atoms with Crippen molar-refractivity contribution >= 4 is 23.4 Å². The van der Waals surface area contributed by atoms with Crippen LogP contribution in [-0.4, -0.2) is 0 Å². The first-order valence-electron chi connectivity index (χ1n) is 4.79. The molecule has 0 fully saturated rings. The van der Waals surface area contributed by atoms with Gasteiger partial charge in [-0.3, -0.25) is 0 Å². The highest BCUT2D eigenvalue weighted by Crippen LogP contribution is 2.27. The van der Waals surface area contributed by atoms with E-state index in [-0.39, 0.29) is 0 Å². The zero-order valence-electron chi connectivity index (χ0n) is 8.76. The van der Waals surface area contributed by atoms with E-state index in [0.717, 1.165) is 4.90 Å². The van der Waals surface area contributed by atoms with Crippen LogP contribution in [0.3, 0.4) is 0 Å². The summed E-state index contributed by atoms with van der Waals surface area (Å²) in [6.45, 7) is 6.42. The van der Waals surface area contributed by atoms with E-state index in [1.54, 1.807) is 0 Å². The molecule has 0 aliphatic rings. The van der Waals surface area contributed by atoms with Crippen LogP contribution in [0.1, 0.15) is 16.7 Å². The smallest absolute Gasteiger partial charge is 0.00782 e. The molecule has 0 aliphatic carbocycles. The van der Waals surface area contributed by atoms with E-state index >= 15 is 0 Å². The molecule has 0 heterocycles. The molecule has 0 atom stereocenters. The molecule has 0 nitrogen and oxygen atoms in total. The number of thiol groups is 1. The van der Waals surface area contributed by atoms with Gasteiger partial charge in [-0.25, -0.2) is 0 Å². The van der Waals surface area contributed by atoms with Gasteiger partial charge in [-0.05, 0) is 48.7 Å². The van der Waals surface area contributed by atoms with Crippen LogP contribution in [-0.2, 0) is 0 Å². The highest BCUT2D eigenvalue weighted by atomic mass is 32.1. The van der Waals surface area contributed by atoms with E-state index in [9.17, 15) is 0 Å². The van der Waals surface area contributed by atoms with Gasteiger partial charge in [0.25, 0.3) is 0 Å². The number of aryl methyl sites for hydroxylation is 2. The van der Waals surface area contributed by atoms with Crippen LogP contribution in [0.4, 0.5) is 0 Å². The lowest BCUT2D eigenvalue weighted by molar-refractivity contribution is 1.27. The predicted molar refractivity (Wildman–Crippen MR) is 65.4 cm³/mol. The standard InChI is InChI=1S/C13H14S/c1-8-4-5-11-7-13(14)10(3)9(2)12(11)6-8/h4-7,14H,1-3H3. The van der Waals surface area contributed by atoms with Crippen molar-refractivity contribution in [2.24, 2.45) is 0 Å². The maximum atomic E-state index is 4.47. The fourth-order valence-electron chi connectivity index (χ4n) is 1.77. The van der Waals surface area contributed by atoms with Crippen molar-refractivity contribution in [3.05, 3.63) is 41.0 Å². The summed E-state index contributed by atoms with van der Waals surface area (Å²) >= 11 is 4.47. The van der Waals surface area contributed by atoms with Crippen molar-refractivity contribution in [2.45, 2.75) is 25.7 Å². The van der Waals surface area contributed by atoms with Gasteiger partial charge in [0.05, 0.1) is 0 Å². The average Bonchev–Trinajstić information content (AvgIpc) is 2.16. The molecule has 2 aromatic carbocycles. The first-order chi connectivity index (χ1) is 6.59. The lowest BCUT2D eigenvalue weighted by Gasteiger charge is -2.09. The molecule has 2 rings (SSSR count). The molecule has 0 N–H and O–H groups in total. The zero-order valence-corrected chi connectivity index (χ0v) is 9.65. The number of fused-ring (bicyclic) bond motifs is 1. The highest BCUT2D eigenvalue weighted by molar-refractivity contribution is 7.80. The maximum absolute atomic E-state index is 4.47. The molecule has 0 saturated heterocycles. The van der Waals surface area contributed by atoms with Gasteiger partial charge >= 0.3 is 0 Å². The molecule has 0 saturated carbocycles. The Labute approximate surface area is 90.4 Å². The van der Waals surface area contributed by atoms with Gasteiger partial charge in [0.15, 0.2) is 0 Å². The number of benzene rings is 2. The van der Waals surface area contributed by atoms with E-state index in [0.29, 0.717) is 0 Å². The van der Waals surface area contributed by atoms with Gasteiger partial charge in [-0.2, -0.15) is 0 Å². The van der Waals surface area contributed by atoms with Crippen LogP contribution in [0, 0.1) is 20.8 Å². The SMILES string of the molecule is Cc1ccc2cc(S)c(C)c(C)c2c1. The van der Waals surface area contributed by atoms with Crippen molar-refractivity contribution < 1.29 is 0 Å². The third-order valence-electron chi connectivity index (χ3n) is 2.85. The Kier molecular flexibility index (Phi) is 2.28. The Morgan fingerprint density at radius 3 is 2.36 bits per heavy atom. The van der Waals surface area contributed by atoms with Gasteiger partial charge in [0.1, 0.15) is 0 Å². The molecule has 0 amide bonds. The molecule has 0 spiro atoms. The third kappa shape index (κ3) is 1.42. The van der Waals surface area contributed by atoms with Gasteiger partial charge < -0.3 is 0 Å². The molecule has 0 radical (unpaired) electrons. The maximum Gasteiger partial charge on any atom is 0.00782 e. The quantitative estimate of drug-likeness (QED) is 0.612. The first-order valence-corrected chi connectivity index (χ1v) is 5.24. The fourth-order valence-corrected chi connectivity index (χ4v) is 2.08. The lowest BCUT2D eigenvalue weighted by atomic mass is 9.99. The summed E-state index contributed by atoms with van der Waals surface area (Å²) in [5.74, 6) is 0. The van der Waals surface area contributed by atoms with Crippen molar-refractivity contribution in [2.75, 3.05) is 0 Å². The second-order valence-electron chi connectivity index (χ2n) is 3.87. The molecule has 0 bridgehead atoms. The highest BCUT2D eigenvalue weighted by Gasteiger charge is 2.03. The van der Waals surface area contributed by atoms with Crippen molar-refractivity contribution in [1.82, 2.24) is 0 Å². The third-order valence-corrected chi connectivity index (χ3v) is 3.32. The van der Waals surface area contributed by atoms with E-state index in [1.165, 1.54) is 27.5 Å². The minimum atomic E-state index is 1.08. The van der Waals surface area contributed by atoms with Crippen LogP contribution >= 0.6 is 12.6 Å². The molecule has 14 heavy (non-hydrogen) atoms. The second-order valence-corrected chi connectivity index (χ2v) is 4.35. The van der Waals surface area contributed by atoms with E-state index < -0.39 is 0 Å². The normalized spacial score (nSPS) is 10.9. The van der Waals surface area contributed by atoms with E-state index in [4.69, 9.17) is 0 Å². The topological polar surface area (TPSA) is 0 Å². The van der Waals surface area contributed by atoms with Crippen molar-refractivity contribution in [3.63, 3.8) is 0 Å². The molecule has 0 aliphatic heterocycles. The molecular formula is C13H14S. The summed E-state index contributed by atoms with van der Waals surface area (Å²) < 4.78 is 0. The second kappa shape index (κ2) is 3.32. The molecular weight excluding hydrogens is 188 g/mol. The monoisotopic (exact) mass is 202 g/mol. The number of hydrogen-bond acceptors (Lipinski definition) is 1. The van der Waals surface area contributed by atoms with E-state index in [1.807, 2.05) is 0 Å². The summed E-state index contributed by atoms with van der Waals surface area (Å²) in [4.78, 5) is 1.08. The summed E-state index contributed by atoms with van der Waals surface area (Å²) in [7, 11) is 0. The van der Waals surface area contributed by atoms with Gasteiger partial charge in [-0.1, -0.05) is 23.8 Å². The summed E-state index contributed by atoms with van der Waals surface area (Å²) in [6.07, 6.45) is 0. The van der Waals surface area contributed by atoms with E-state index in [2.05, 4.69) is 57.7 Å². The first kappa shape index (κ1) is 9.60.